The quantitative estimate of drug-likeness (QED) is 0.174. The van der Waals surface area contributed by atoms with Gasteiger partial charge in [0.25, 0.3) is 5.92 Å². The molecular weight excluding hydrogens is 812 g/mol. The smallest absolute Gasteiger partial charge is 0.407 e. The highest BCUT2D eigenvalue weighted by Crippen LogP contribution is 2.46. The second-order valence-corrected chi connectivity index (χ2v) is 19.5. The van der Waals surface area contributed by atoms with Crippen molar-refractivity contribution in [3.63, 3.8) is 0 Å². The summed E-state index contributed by atoms with van der Waals surface area (Å²) in [5.41, 5.74) is -1.09. The number of carbonyl (C=O) groups excluding carboxylic acids is 4. The van der Waals surface area contributed by atoms with Gasteiger partial charge in [-0.2, -0.15) is 4.31 Å². The number of sulfonamides is 1. The van der Waals surface area contributed by atoms with Crippen molar-refractivity contribution >= 4 is 57.1 Å². The highest BCUT2D eigenvalue weighted by Gasteiger charge is 2.45. The number of piperazine rings is 1. The second-order valence-electron chi connectivity index (χ2n) is 17.2. The molecule has 0 bridgehead atoms. The molecule has 59 heavy (non-hydrogen) atoms. The summed E-state index contributed by atoms with van der Waals surface area (Å²) >= 11 is 6.29. The third-order valence-corrected chi connectivity index (χ3v) is 12.4. The van der Waals surface area contributed by atoms with Gasteiger partial charge < -0.3 is 35.2 Å². The molecule has 1 aromatic carbocycles. The van der Waals surface area contributed by atoms with E-state index in [9.17, 15) is 27.6 Å². The largest absolute Gasteiger partial charge is 0.444 e. The monoisotopic (exact) mass is 867 g/mol. The molecule has 3 heterocycles. The molecule has 0 unspecified atom stereocenters. The number of aromatic nitrogens is 1. The molecule has 1 atom stereocenters. The number of amides is 4. The minimum atomic E-state index is -3.93. The normalized spacial score (nSPS) is 20.9. The van der Waals surface area contributed by atoms with Crippen molar-refractivity contribution in [1.82, 2.24) is 25.2 Å². The number of rotatable bonds is 12. The molecule has 326 valence electrons. The Bertz CT molecular complexity index is 1940. The van der Waals surface area contributed by atoms with Gasteiger partial charge in [0.05, 0.1) is 10.9 Å². The molecule has 0 radical (unpaired) electrons. The van der Waals surface area contributed by atoms with E-state index in [1.807, 2.05) is 0 Å². The van der Waals surface area contributed by atoms with Gasteiger partial charge in [-0.15, -0.1) is 0 Å². The molecule has 19 heteroatoms. The van der Waals surface area contributed by atoms with Crippen molar-refractivity contribution in [2.45, 2.75) is 108 Å². The predicted molar refractivity (Wildman–Crippen MR) is 218 cm³/mol. The Morgan fingerprint density at radius 3 is 2.07 bits per heavy atom. The van der Waals surface area contributed by atoms with E-state index in [4.69, 9.17) is 21.1 Å². The maximum atomic E-state index is 16.0. The zero-order chi connectivity index (χ0) is 43.3. The van der Waals surface area contributed by atoms with Gasteiger partial charge in [0.15, 0.2) is 0 Å². The van der Waals surface area contributed by atoms with Crippen molar-refractivity contribution in [1.29, 1.82) is 0 Å². The molecule has 4 amide bonds. The van der Waals surface area contributed by atoms with Crippen molar-refractivity contribution in [2.24, 2.45) is 11.8 Å². The molecule has 3 aliphatic rings. The number of alkyl carbamates (subject to hydrolysis) is 2. The Labute approximate surface area is 349 Å². The Morgan fingerprint density at radius 2 is 1.46 bits per heavy atom. The first kappa shape index (κ1) is 45.8. The molecule has 3 N–H and O–H groups in total. The average molecular weight is 868 g/mol. The van der Waals surface area contributed by atoms with Crippen molar-refractivity contribution < 1.29 is 45.9 Å². The maximum Gasteiger partial charge on any atom is 0.407 e. The number of ether oxygens (including phenoxy) is 2. The van der Waals surface area contributed by atoms with Crippen LogP contribution in [0.5, 0.6) is 0 Å². The lowest BCUT2D eigenvalue weighted by atomic mass is 9.77. The molecule has 1 saturated carbocycles. The van der Waals surface area contributed by atoms with E-state index in [0.29, 0.717) is 38.0 Å². The molecule has 1 aromatic heterocycles. The molecule has 2 saturated heterocycles. The SMILES string of the molecule is CC(C)(C)OC(=O)NCCCNC(=O)C1CCC(C(F)(F)c2cc(Cl)nc(N3CCN(S(=O)(=O)c4ccc(N5C[C@H](NC(=O)OC(C)(C)C)CC5=O)cc4)CC3)c2)CC1. The van der Waals surface area contributed by atoms with Crippen LogP contribution in [0.4, 0.5) is 29.9 Å². The fourth-order valence-electron chi connectivity index (χ4n) is 7.37. The van der Waals surface area contributed by atoms with Crippen LogP contribution in [0.15, 0.2) is 41.3 Å². The first-order valence-electron chi connectivity index (χ1n) is 20.0. The lowest BCUT2D eigenvalue weighted by molar-refractivity contribution is -0.129. The average Bonchev–Trinajstić information content (AvgIpc) is 3.52. The van der Waals surface area contributed by atoms with Crippen LogP contribution in [0.25, 0.3) is 0 Å². The lowest BCUT2D eigenvalue weighted by Crippen LogP contribution is -2.49. The van der Waals surface area contributed by atoms with Gasteiger partial charge in [0.2, 0.25) is 21.8 Å². The Hall–Kier alpha value is -4.29. The summed E-state index contributed by atoms with van der Waals surface area (Å²) in [4.78, 5) is 57.0. The van der Waals surface area contributed by atoms with Crippen LogP contribution in [-0.2, 0) is 35.0 Å². The van der Waals surface area contributed by atoms with Crippen LogP contribution in [0.1, 0.15) is 85.6 Å². The number of benzene rings is 1. The van der Waals surface area contributed by atoms with Gasteiger partial charge in [-0.25, -0.2) is 31.8 Å². The zero-order valence-corrected chi connectivity index (χ0v) is 36.1. The molecule has 2 aliphatic heterocycles. The highest BCUT2D eigenvalue weighted by atomic mass is 35.5. The number of nitrogens with zero attached hydrogens (tertiary/aromatic N) is 4. The van der Waals surface area contributed by atoms with E-state index < -0.39 is 51.3 Å². The van der Waals surface area contributed by atoms with Gasteiger partial charge in [-0.3, -0.25) is 9.59 Å². The van der Waals surface area contributed by atoms with Crippen LogP contribution < -0.4 is 25.8 Å². The van der Waals surface area contributed by atoms with Crippen molar-refractivity contribution in [3.8, 4) is 0 Å². The first-order chi connectivity index (χ1) is 27.5. The van der Waals surface area contributed by atoms with Gasteiger partial charge in [0, 0.05) is 75.3 Å². The number of halogens is 3. The molecule has 0 spiro atoms. The number of pyridine rings is 1. The number of hydrogen-bond acceptors (Lipinski definition) is 10. The Morgan fingerprint density at radius 1 is 0.864 bits per heavy atom. The fourth-order valence-corrected chi connectivity index (χ4v) is 9.00. The van der Waals surface area contributed by atoms with Crippen LogP contribution >= 0.6 is 11.6 Å². The highest BCUT2D eigenvalue weighted by molar-refractivity contribution is 7.89. The minimum Gasteiger partial charge on any atom is -0.444 e. The second kappa shape index (κ2) is 18.5. The number of anilines is 2. The number of carbonyl (C=O) groups is 4. The molecule has 1 aliphatic carbocycles. The van der Waals surface area contributed by atoms with Gasteiger partial charge in [0.1, 0.15) is 22.2 Å². The summed E-state index contributed by atoms with van der Waals surface area (Å²) < 4.78 is 71.1. The fraction of sp³-hybridized carbons (Fsp3) is 0.625. The summed E-state index contributed by atoms with van der Waals surface area (Å²) in [6, 6.07) is 7.97. The van der Waals surface area contributed by atoms with Gasteiger partial charge >= 0.3 is 12.2 Å². The topological polar surface area (TPSA) is 180 Å². The van der Waals surface area contributed by atoms with E-state index in [1.165, 1.54) is 27.4 Å². The molecule has 2 aromatic rings. The van der Waals surface area contributed by atoms with E-state index >= 15 is 8.78 Å². The first-order valence-corrected chi connectivity index (χ1v) is 21.8. The molecule has 5 rings (SSSR count). The van der Waals surface area contributed by atoms with Gasteiger partial charge in [-0.05, 0) is 110 Å². The third-order valence-electron chi connectivity index (χ3n) is 10.3. The summed E-state index contributed by atoms with van der Waals surface area (Å²) in [7, 11) is -3.93. The predicted octanol–water partition coefficient (Wildman–Crippen LogP) is 5.81. The van der Waals surface area contributed by atoms with Crippen molar-refractivity contribution in [2.75, 3.05) is 55.6 Å². The van der Waals surface area contributed by atoms with Crippen LogP contribution in [0, 0.1) is 11.8 Å². The van der Waals surface area contributed by atoms with E-state index in [2.05, 4.69) is 20.9 Å². The van der Waals surface area contributed by atoms with Crippen LogP contribution in [0.2, 0.25) is 5.15 Å². The summed E-state index contributed by atoms with van der Waals surface area (Å²) in [6.07, 6.45) is 0.288. The molecular formula is C40H56ClF2N7O8S. The molecule has 3 fully saturated rings. The van der Waals surface area contributed by atoms with E-state index in [0.717, 1.165) is 6.07 Å². The Kier molecular flexibility index (Phi) is 14.4. The van der Waals surface area contributed by atoms with Crippen LogP contribution in [0.3, 0.4) is 0 Å². The lowest BCUT2D eigenvalue weighted by Gasteiger charge is -2.36. The number of alkyl halides is 2. The van der Waals surface area contributed by atoms with E-state index in [1.54, 1.807) is 58.6 Å². The maximum absolute atomic E-state index is 16.0. The number of hydrogen-bond donors (Lipinski definition) is 3. The summed E-state index contributed by atoms with van der Waals surface area (Å²) in [5, 5.41) is 8.07. The summed E-state index contributed by atoms with van der Waals surface area (Å²) in [6.45, 7) is 11.9. The molecule has 15 nitrogen and oxygen atoms in total. The third kappa shape index (κ3) is 12.4. The van der Waals surface area contributed by atoms with Crippen LogP contribution in [-0.4, -0.2) is 105 Å². The number of nitrogens with one attached hydrogen (secondary N) is 3. The van der Waals surface area contributed by atoms with Crippen molar-refractivity contribution in [3.05, 3.63) is 47.1 Å². The minimum absolute atomic E-state index is 0.0346. The standard InChI is InChI=1S/C40H56ClF2N7O8S/c1-38(2,3)57-36(53)45-17-7-16-44-35(52)26-8-10-27(11-9-26)40(42,43)28-22-32(41)47-33(23-28)48-18-20-49(21-19-48)59(55,56)31-14-12-30(13-15-31)50-25-29(24-34(50)51)46-37(54)58-39(4,5)6/h12-15,22-23,26-27,29H,7-11,16-21,24-25H2,1-6H3,(H,44,52)(H,45,53)(H,46,54)/t26?,27?,29-/m1/s1. The zero-order valence-electron chi connectivity index (χ0n) is 34.5. The van der Waals surface area contributed by atoms with E-state index in [-0.39, 0.29) is 91.1 Å². The van der Waals surface area contributed by atoms with Gasteiger partial charge in [-0.1, -0.05) is 11.6 Å². The summed E-state index contributed by atoms with van der Waals surface area (Å²) in [5.74, 6) is -4.84. The Balaban J connectivity index is 1.10.